The largest absolute Gasteiger partial charge is 0.378 e. The van der Waals surface area contributed by atoms with Gasteiger partial charge in [-0.25, -0.2) is 9.37 Å². The summed E-state index contributed by atoms with van der Waals surface area (Å²) in [7, 11) is 1.64. The molecule has 0 saturated heterocycles. The van der Waals surface area contributed by atoms with Gasteiger partial charge in [0.1, 0.15) is 5.01 Å². The topological polar surface area (TPSA) is 34.1 Å². The molecule has 0 radical (unpaired) electrons. The van der Waals surface area contributed by atoms with Gasteiger partial charge in [0, 0.05) is 30.1 Å². The van der Waals surface area contributed by atoms with Crippen molar-refractivity contribution < 1.29 is 9.13 Å². The number of nitrogens with zero attached hydrogens (tertiary/aromatic N) is 1. The molecule has 0 amide bonds. The van der Waals surface area contributed by atoms with Gasteiger partial charge in [0.05, 0.1) is 17.3 Å². The number of rotatable bonds is 6. The van der Waals surface area contributed by atoms with E-state index in [1.54, 1.807) is 25.3 Å². The maximum atomic E-state index is 14.1. The lowest BCUT2D eigenvalue weighted by Gasteiger charge is -2.02. The van der Waals surface area contributed by atoms with Crippen molar-refractivity contribution in [2.24, 2.45) is 0 Å². The van der Waals surface area contributed by atoms with E-state index in [1.807, 2.05) is 0 Å². The van der Waals surface area contributed by atoms with Crippen molar-refractivity contribution in [1.29, 1.82) is 0 Å². The number of aromatic nitrogens is 1. The van der Waals surface area contributed by atoms with Gasteiger partial charge >= 0.3 is 0 Å². The zero-order valence-corrected chi connectivity index (χ0v) is 13.2. The van der Waals surface area contributed by atoms with Crippen LogP contribution < -0.4 is 5.32 Å². The molecule has 0 aliphatic heterocycles. The van der Waals surface area contributed by atoms with Gasteiger partial charge in [0.15, 0.2) is 5.82 Å². The summed E-state index contributed by atoms with van der Waals surface area (Å²) in [6.45, 7) is 1.18. The SMILES string of the molecule is COCc1nc(-c2cccc(Cl)c2F)sc1CNC1CC1. The molecule has 3 nitrogen and oxygen atoms in total. The van der Waals surface area contributed by atoms with E-state index in [4.69, 9.17) is 16.3 Å². The van der Waals surface area contributed by atoms with Crippen LogP contribution in [0.3, 0.4) is 0 Å². The second kappa shape index (κ2) is 6.40. The maximum Gasteiger partial charge on any atom is 0.152 e. The fourth-order valence-electron chi connectivity index (χ4n) is 2.08. The van der Waals surface area contributed by atoms with Crippen LogP contribution in [0.15, 0.2) is 18.2 Å². The monoisotopic (exact) mass is 326 g/mol. The van der Waals surface area contributed by atoms with Crippen LogP contribution in [0.1, 0.15) is 23.4 Å². The molecule has 1 aliphatic rings. The number of methoxy groups -OCH3 is 1. The van der Waals surface area contributed by atoms with Crippen molar-refractivity contribution in [2.75, 3.05) is 7.11 Å². The average Bonchev–Trinajstić information content (AvgIpc) is 3.22. The normalized spacial score (nSPS) is 14.6. The van der Waals surface area contributed by atoms with Gasteiger partial charge in [-0.3, -0.25) is 0 Å². The summed E-state index contributed by atoms with van der Waals surface area (Å²) in [6, 6.07) is 5.60. The molecule has 112 valence electrons. The highest BCUT2D eigenvalue weighted by Gasteiger charge is 2.22. The van der Waals surface area contributed by atoms with E-state index in [0.29, 0.717) is 23.2 Å². The maximum absolute atomic E-state index is 14.1. The summed E-state index contributed by atoms with van der Waals surface area (Å²) >= 11 is 7.34. The molecule has 21 heavy (non-hydrogen) atoms. The first kappa shape index (κ1) is 14.9. The summed E-state index contributed by atoms with van der Waals surface area (Å²) < 4.78 is 19.3. The van der Waals surface area contributed by atoms with Crippen LogP contribution in [0.4, 0.5) is 4.39 Å². The molecule has 2 aromatic rings. The van der Waals surface area contributed by atoms with Gasteiger partial charge in [-0.1, -0.05) is 17.7 Å². The number of hydrogen-bond acceptors (Lipinski definition) is 4. The standard InChI is InChI=1S/C15H16ClFN2OS/c1-20-8-12-13(7-18-9-5-6-9)21-15(19-12)10-3-2-4-11(16)14(10)17/h2-4,9,18H,5-8H2,1H3. The molecule has 3 rings (SSSR count). The summed E-state index contributed by atoms with van der Waals surface area (Å²) in [5, 5.41) is 4.22. The summed E-state index contributed by atoms with van der Waals surface area (Å²) in [5.74, 6) is -0.418. The zero-order chi connectivity index (χ0) is 14.8. The quantitative estimate of drug-likeness (QED) is 0.871. The van der Waals surface area contributed by atoms with Crippen LogP contribution in [0.5, 0.6) is 0 Å². The Kier molecular flexibility index (Phi) is 4.54. The number of halogens is 2. The predicted octanol–water partition coefficient (Wildman–Crippen LogP) is 4.00. The van der Waals surface area contributed by atoms with Gasteiger partial charge in [0.25, 0.3) is 0 Å². The molecule has 1 saturated carbocycles. The summed E-state index contributed by atoms with van der Waals surface area (Å²) in [6.07, 6.45) is 2.46. The minimum Gasteiger partial charge on any atom is -0.378 e. The van der Waals surface area contributed by atoms with Crippen LogP contribution in [0.2, 0.25) is 5.02 Å². The van der Waals surface area contributed by atoms with Crippen molar-refractivity contribution in [2.45, 2.75) is 32.0 Å². The molecule has 1 aromatic heterocycles. The Morgan fingerprint density at radius 1 is 1.48 bits per heavy atom. The lowest BCUT2D eigenvalue weighted by Crippen LogP contribution is -2.15. The lowest BCUT2D eigenvalue weighted by molar-refractivity contribution is 0.181. The third kappa shape index (κ3) is 3.43. The molecule has 0 bridgehead atoms. The third-order valence-electron chi connectivity index (χ3n) is 3.37. The number of benzene rings is 1. The Labute approximate surface area is 132 Å². The van der Waals surface area contributed by atoms with Gasteiger partial charge < -0.3 is 10.1 Å². The van der Waals surface area contributed by atoms with Crippen molar-refractivity contribution in [3.63, 3.8) is 0 Å². The first-order chi connectivity index (χ1) is 10.2. The second-order valence-corrected chi connectivity index (χ2v) is 6.57. The van der Waals surface area contributed by atoms with Crippen molar-refractivity contribution in [3.8, 4) is 10.6 Å². The van der Waals surface area contributed by atoms with Crippen molar-refractivity contribution >= 4 is 22.9 Å². The minimum absolute atomic E-state index is 0.119. The molecule has 1 N–H and O–H groups in total. The smallest absolute Gasteiger partial charge is 0.152 e. The lowest BCUT2D eigenvalue weighted by atomic mass is 10.2. The zero-order valence-electron chi connectivity index (χ0n) is 11.7. The summed E-state index contributed by atoms with van der Waals surface area (Å²) in [5.41, 5.74) is 1.31. The average molecular weight is 327 g/mol. The fraction of sp³-hybridized carbons (Fsp3) is 0.400. The first-order valence-corrected chi connectivity index (χ1v) is 8.03. The van der Waals surface area contributed by atoms with Gasteiger partial charge in [-0.15, -0.1) is 11.3 Å². The highest BCUT2D eigenvalue weighted by Crippen LogP contribution is 2.33. The molecule has 6 heteroatoms. The van der Waals surface area contributed by atoms with E-state index in [-0.39, 0.29) is 5.02 Å². The molecule has 1 aliphatic carbocycles. The van der Waals surface area contributed by atoms with E-state index in [9.17, 15) is 4.39 Å². The first-order valence-electron chi connectivity index (χ1n) is 6.84. The highest BCUT2D eigenvalue weighted by molar-refractivity contribution is 7.15. The van der Waals surface area contributed by atoms with Crippen LogP contribution in [-0.4, -0.2) is 18.1 Å². The van der Waals surface area contributed by atoms with E-state index in [1.165, 1.54) is 24.2 Å². The molecule has 1 aromatic carbocycles. The molecular formula is C15H16ClFN2OS. The van der Waals surface area contributed by atoms with Crippen molar-refractivity contribution in [1.82, 2.24) is 10.3 Å². The fourth-order valence-corrected chi connectivity index (χ4v) is 3.29. The molecule has 1 heterocycles. The van der Waals surface area contributed by atoms with E-state index in [2.05, 4.69) is 10.3 Å². The van der Waals surface area contributed by atoms with E-state index >= 15 is 0 Å². The summed E-state index contributed by atoms with van der Waals surface area (Å²) in [4.78, 5) is 5.62. The van der Waals surface area contributed by atoms with Gasteiger partial charge in [-0.05, 0) is 25.0 Å². The Morgan fingerprint density at radius 3 is 3.00 bits per heavy atom. The van der Waals surface area contributed by atoms with E-state index in [0.717, 1.165) is 17.1 Å². The van der Waals surface area contributed by atoms with Crippen LogP contribution in [0.25, 0.3) is 10.6 Å². The third-order valence-corrected chi connectivity index (χ3v) is 4.79. The van der Waals surface area contributed by atoms with Gasteiger partial charge in [0.2, 0.25) is 0 Å². The molecular weight excluding hydrogens is 311 g/mol. The Bertz CT molecular complexity index is 643. The number of nitrogens with one attached hydrogen (secondary N) is 1. The van der Waals surface area contributed by atoms with Crippen LogP contribution >= 0.6 is 22.9 Å². The molecule has 1 fully saturated rings. The van der Waals surface area contributed by atoms with Crippen LogP contribution in [0, 0.1) is 5.82 Å². The minimum atomic E-state index is -0.418. The number of ether oxygens (including phenoxy) is 1. The van der Waals surface area contributed by atoms with E-state index < -0.39 is 5.82 Å². The number of thiazole rings is 1. The predicted molar refractivity (Wildman–Crippen MR) is 83.1 cm³/mol. The Morgan fingerprint density at radius 2 is 2.29 bits per heavy atom. The molecule has 0 unspecified atom stereocenters. The van der Waals surface area contributed by atoms with Gasteiger partial charge in [-0.2, -0.15) is 0 Å². The molecule has 0 spiro atoms. The molecule has 0 atom stereocenters. The second-order valence-electron chi connectivity index (χ2n) is 5.08. The Balaban J connectivity index is 1.90. The van der Waals surface area contributed by atoms with Crippen molar-refractivity contribution in [3.05, 3.63) is 39.6 Å². The highest BCUT2D eigenvalue weighted by atomic mass is 35.5. The Hall–Kier alpha value is -1.01. The van der Waals surface area contributed by atoms with Crippen LogP contribution in [-0.2, 0) is 17.9 Å². The number of hydrogen-bond donors (Lipinski definition) is 1.